The van der Waals surface area contributed by atoms with Gasteiger partial charge in [-0.1, -0.05) is 25.1 Å². The molecule has 6 nitrogen and oxygen atoms in total. The Morgan fingerprint density at radius 2 is 1.83 bits per heavy atom. The second-order valence-corrected chi connectivity index (χ2v) is 7.74. The Hall–Kier alpha value is -1.60. The number of hydrogen-bond acceptors (Lipinski definition) is 4. The van der Waals surface area contributed by atoms with Crippen molar-refractivity contribution in [3.63, 3.8) is 0 Å². The summed E-state index contributed by atoms with van der Waals surface area (Å²) in [5, 5.41) is 0. The van der Waals surface area contributed by atoms with Gasteiger partial charge < -0.3 is 9.64 Å². The number of carbonyl (C=O) groups excluding carboxylic acids is 1. The Kier molecular flexibility index (Phi) is 6.01. The number of sulfonamides is 1. The smallest absolute Gasteiger partial charge is 0.260 e. The van der Waals surface area contributed by atoms with Gasteiger partial charge >= 0.3 is 0 Å². The number of aryl methyl sites for hydroxylation is 1. The first-order chi connectivity index (χ1) is 10.9. The van der Waals surface area contributed by atoms with Gasteiger partial charge in [0.15, 0.2) is 6.61 Å². The Bertz CT molecular complexity index is 637. The third kappa shape index (κ3) is 4.68. The molecule has 1 amide bonds. The van der Waals surface area contributed by atoms with Gasteiger partial charge in [-0.15, -0.1) is 0 Å². The molecule has 1 fully saturated rings. The fourth-order valence-electron chi connectivity index (χ4n) is 2.55. The van der Waals surface area contributed by atoms with Gasteiger partial charge in [0.2, 0.25) is 10.0 Å². The number of amides is 1. The number of nitrogens with zero attached hydrogens (tertiary/aromatic N) is 2. The predicted molar refractivity (Wildman–Crippen MR) is 88.9 cm³/mol. The van der Waals surface area contributed by atoms with E-state index in [1.807, 2.05) is 38.1 Å². The Labute approximate surface area is 138 Å². The molecular weight excluding hydrogens is 316 g/mol. The number of piperazine rings is 1. The van der Waals surface area contributed by atoms with E-state index in [-0.39, 0.29) is 18.3 Å². The van der Waals surface area contributed by atoms with Gasteiger partial charge in [-0.2, -0.15) is 4.31 Å². The van der Waals surface area contributed by atoms with Gasteiger partial charge in [0.1, 0.15) is 5.75 Å². The zero-order valence-corrected chi connectivity index (χ0v) is 14.5. The number of hydrogen-bond donors (Lipinski definition) is 0. The van der Waals surface area contributed by atoms with E-state index < -0.39 is 10.0 Å². The maximum atomic E-state index is 12.2. The van der Waals surface area contributed by atoms with Crippen LogP contribution in [0.3, 0.4) is 0 Å². The van der Waals surface area contributed by atoms with Crippen molar-refractivity contribution >= 4 is 15.9 Å². The Morgan fingerprint density at radius 1 is 1.17 bits per heavy atom. The molecule has 0 radical (unpaired) electrons. The summed E-state index contributed by atoms with van der Waals surface area (Å²) >= 11 is 0. The van der Waals surface area contributed by atoms with E-state index in [0.717, 1.165) is 5.56 Å². The van der Waals surface area contributed by atoms with Gasteiger partial charge in [0, 0.05) is 26.2 Å². The molecule has 0 spiro atoms. The topological polar surface area (TPSA) is 66.9 Å². The van der Waals surface area contributed by atoms with E-state index in [2.05, 4.69) is 0 Å². The number of para-hydroxylation sites is 1. The second kappa shape index (κ2) is 7.79. The fourth-order valence-corrected chi connectivity index (χ4v) is 4.05. The van der Waals surface area contributed by atoms with Crippen molar-refractivity contribution in [1.29, 1.82) is 0 Å². The van der Waals surface area contributed by atoms with Crippen molar-refractivity contribution in [3.05, 3.63) is 29.8 Å². The normalized spacial score (nSPS) is 16.3. The van der Waals surface area contributed by atoms with E-state index in [1.54, 1.807) is 4.90 Å². The highest BCUT2D eigenvalue weighted by molar-refractivity contribution is 7.89. The van der Waals surface area contributed by atoms with Crippen molar-refractivity contribution in [1.82, 2.24) is 9.21 Å². The van der Waals surface area contributed by atoms with Crippen LogP contribution in [-0.4, -0.2) is 62.1 Å². The monoisotopic (exact) mass is 340 g/mol. The summed E-state index contributed by atoms with van der Waals surface area (Å²) in [6.07, 6.45) is 0.603. The molecule has 1 heterocycles. The van der Waals surface area contributed by atoms with Crippen LogP contribution in [0, 0.1) is 6.92 Å². The molecule has 0 unspecified atom stereocenters. The lowest BCUT2D eigenvalue weighted by atomic mass is 10.2. The summed E-state index contributed by atoms with van der Waals surface area (Å²) in [5.74, 6) is 0.753. The third-order valence-corrected chi connectivity index (χ3v) is 5.97. The summed E-state index contributed by atoms with van der Waals surface area (Å²) in [6, 6.07) is 7.54. The van der Waals surface area contributed by atoms with Crippen LogP contribution in [-0.2, 0) is 14.8 Å². The largest absolute Gasteiger partial charge is 0.484 e. The van der Waals surface area contributed by atoms with Crippen LogP contribution in [0.5, 0.6) is 5.75 Å². The summed E-state index contributed by atoms with van der Waals surface area (Å²) < 4.78 is 31.1. The van der Waals surface area contributed by atoms with Gasteiger partial charge in [-0.05, 0) is 25.0 Å². The third-order valence-electron chi connectivity index (χ3n) is 3.89. The van der Waals surface area contributed by atoms with Crippen LogP contribution in [0.25, 0.3) is 0 Å². The van der Waals surface area contributed by atoms with Gasteiger partial charge in [-0.3, -0.25) is 4.79 Å². The molecule has 0 bridgehead atoms. The first kappa shape index (κ1) is 17.7. The van der Waals surface area contributed by atoms with Crippen molar-refractivity contribution in [2.45, 2.75) is 20.3 Å². The lowest BCUT2D eigenvalue weighted by Crippen LogP contribution is -2.52. The molecule has 1 aromatic carbocycles. The van der Waals surface area contributed by atoms with Crippen molar-refractivity contribution in [2.75, 3.05) is 38.5 Å². The maximum Gasteiger partial charge on any atom is 0.260 e. The van der Waals surface area contributed by atoms with Crippen molar-refractivity contribution in [2.24, 2.45) is 0 Å². The zero-order chi connectivity index (χ0) is 16.9. The van der Waals surface area contributed by atoms with Gasteiger partial charge in [-0.25, -0.2) is 8.42 Å². The number of rotatable bonds is 6. The Morgan fingerprint density at radius 3 is 2.43 bits per heavy atom. The summed E-state index contributed by atoms with van der Waals surface area (Å²) in [7, 11) is -3.18. The highest BCUT2D eigenvalue weighted by Crippen LogP contribution is 2.16. The molecule has 0 atom stereocenters. The van der Waals surface area contributed by atoms with E-state index in [9.17, 15) is 13.2 Å². The molecule has 0 aliphatic carbocycles. The minimum absolute atomic E-state index is 0.0213. The predicted octanol–water partition coefficient (Wildman–Crippen LogP) is 1.26. The number of ether oxygens (including phenoxy) is 1. The van der Waals surface area contributed by atoms with E-state index in [4.69, 9.17) is 4.74 Å². The van der Waals surface area contributed by atoms with Crippen LogP contribution in [0.15, 0.2) is 24.3 Å². The van der Waals surface area contributed by atoms with Gasteiger partial charge in [0.05, 0.1) is 5.75 Å². The van der Waals surface area contributed by atoms with Crippen LogP contribution < -0.4 is 4.74 Å². The SMILES string of the molecule is CCCS(=O)(=O)N1CCN(C(=O)COc2ccccc2C)CC1. The quantitative estimate of drug-likeness (QED) is 0.782. The van der Waals surface area contributed by atoms with Crippen LogP contribution in [0.1, 0.15) is 18.9 Å². The molecule has 0 aromatic heterocycles. The van der Waals surface area contributed by atoms with E-state index >= 15 is 0 Å². The van der Waals surface area contributed by atoms with Crippen LogP contribution in [0.2, 0.25) is 0 Å². The second-order valence-electron chi connectivity index (χ2n) is 5.65. The minimum Gasteiger partial charge on any atom is -0.484 e. The molecule has 1 aromatic rings. The van der Waals surface area contributed by atoms with Crippen LogP contribution in [0.4, 0.5) is 0 Å². The molecule has 1 saturated heterocycles. The molecule has 0 N–H and O–H groups in total. The summed E-state index contributed by atoms with van der Waals surface area (Å²) in [4.78, 5) is 13.9. The highest BCUT2D eigenvalue weighted by atomic mass is 32.2. The highest BCUT2D eigenvalue weighted by Gasteiger charge is 2.28. The van der Waals surface area contributed by atoms with Crippen LogP contribution >= 0.6 is 0 Å². The first-order valence-electron chi connectivity index (χ1n) is 7.88. The summed E-state index contributed by atoms with van der Waals surface area (Å²) in [5.41, 5.74) is 0.982. The first-order valence-corrected chi connectivity index (χ1v) is 9.49. The maximum absolute atomic E-state index is 12.2. The molecule has 23 heavy (non-hydrogen) atoms. The molecule has 7 heteroatoms. The Balaban J connectivity index is 1.83. The fraction of sp³-hybridized carbons (Fsp3) is 0.562. The molecule has 2 rings (SSSR count). The average molecular weight is 340 g/mol. The number of benzene rings is 1. The van der Waals surface area contributed by atoms with Crippen molar-refractivity contribution < 1.29 is 17.9 Å². The molecule has 0 saturated carbocycles. The molecular formula is C16H24N2O4S. The average Bonchev–Trinajstić information content (AvgIpc) is 2.54. The van der Waals surface area contributed by atoms with Gasteiger partial charge in [0.25, 0.3) is 5.91 Å². The lowest BCUT2D eigenvalue weighted by molar-refractivity contribution is -0.134. The standard InChI is InChI=1S/C16H24N2O4S/c1-3-12-23(20,21)18-10-8-17(9-11-18)16(19)13-22-15-7-5-4-6-14(15)2/h4-7H,3,8-13H2,1-2H3. The van der Waals surface area contributed by atoms with E-state index in [0.29, 0.717) is 38.3 Å². The summed E-state index contributed by atoms with van der Waals surface area (Å²) in [6.45, 7) is 5.30. The molecule has 1 aliphatic heterocycles. The molecule has 1 aliphatic rings. The lowest BCUT2D eigenvalue weighted by Gasteiger charge is -2.34. The van der Waals surface area contributed by atoms with Crippen molar-refractivity contribution in [3.8, 4) is 5.75 Å². The zero-order valence-electron chi connectivity index (χ0n) is 13.7. The molecule has 128 valence electrons. The number of carbonyl (C=O) groups is 1. The minimum atomic E-state index is -3.18. The van der Waals surface area contributed by atoms with E-state index in [1.165, 1.54) is 4.31 Å².